The average molecular weight is 201 g/mol. The van der Waals surface area contributed by atoms with Crippen LogP contribution in [-0.2, 0) is 4.79 Å². The molecule has 0 saturated heterocycles. The first kappa shape index (κ1) is 14.7. The van der Waals surface area contributed by atoms with Crippen LogP contribution in [0.5, 0.6) is 0 Å². The van der Waals surface area contributed by atoms with Gasteiger partial charge < -0.3 is 10.4 Å². The molecule has 3 nitrogen and oxygen atoms in total. The predicted molar refractivity (Wildman–Crippen MR) is 42.5 cm³/mol. The Kier molecular flexibility index (Phi) is 8.89. The lowest BCUT2D eigenvalue weighted by Gasteiger charge is -1.93. The molecule has 0 aliphatic carbocycles. The standard InChI is InChI=1S/C5H13N.C2HF3O2/c1-3-4-5-6-2;3-2(4,5)1(6)7/h6H,3-5H2,1-2H3;(H,6,7). The molecule has 0 amide bonds. The Morgan fingerprint density at radius 2 is 1.85 bits per heavy atom. The van der Waals surface area contributed by atoms with E-state index < -0.39 is 12.1 Å². The van der Waals surface area contributed by atoms with Gasteiger partial charge in [-0.2, -0.15) is 13.2 Å². The second-order valence-electron chi connectivity index (χ2n) is 2.26. The zero-order valence-electron chi connectivity index (χ0n) is 7.61. The molecule has 0 rings (SSSR count). The molecule has 0 atom stereocenters. The van der Waals surface area contributed by atoms with Gasteiger partial charge in [0.05, 0.1) is 0 Å². The van der Waals surface area contributed by atoms with Gasteiger partial charge in [-0.3, -0.25) is 0 Å². The van der Waals surface area contributed by atoms with Crippen molar-refractivity contribution in [2.45, 2.75) is 25.9 Å². The molecule has 0 heterocycles. The van der Waals surface area contributed by atoms with Gasteiger partial charge in [0.25, 0.3) is 0 Å². The highest BCUT2D eigenvalue weighted by molar-refractivity contribution is 5.73. The number of carboxylic acid groups (broad SMARTS) is 1. The van der Waals surface area contributed by atoms with Gasteiger partial charge >= 0.3 is 12.1 Å². The molecular formula is C7H14F3NO2. The van der Waals surface area contributed by atoms with Gasteiger partial charge in [-0.25, -0.2) is 4.79 Å². The lowest BCUT2D eigenvalue weighted by molar-refractivity contribution is -0.192. The fourth-order valence-electron chi connectivity index (χ4n) is 0.354. The van der Waals surface area contributed by atoms with E-state index in [9.17, 15) is 13.2 Å². The highest BCUT2D eigenvalue weighted by Gasteiger charge is 2.38. The van der Waals surface area contributed by atoms with E-state index in [-0.39, 0.29) is 0 Å². The van der Waals surface area contributed by atoms with E-state index in [0.717, 1.165) is 6.54 Å². The van der Waals surface area contributed by atoms with Crippen molar-refractivity contribution in [3.63, 3.8) is 0 Å². The largest absolute Gasteiger partial charge is 0.490 e. The number of nitrogens with one attached hydrogen (secondary N) is 1. The van der Waals surface area contributed by atoms with Crippen molar-refractivity contribution < 1.29 is 23.1 Å². The molecule has 0 aromatic rings. The molecule has 0 saturated carbocycles. The predicted octanol–water partition coefficient (Wildman–Crippen LogP) is 1.64. The van der Waals surface area contributed by atoms with E-state index in [2.05, 4.69) is 12.2 Å². The number of hydrogen-bond acceptors (Lipinski definition) is 2. The summed E-state index contributed by atoms with van der Waals surface area (Å²) >= 11 is 0. The lowest BCUT2D eigenvalue weighted by atomic mass is 10.3. The Hall–Kier alpha value is -0.780. The highest BCUT2D eigenvalue weighted by Crippen LogP contribution is 2.13. The molecule has 0 spiro atoms. The minimum absolute atomic E-state index is 1.16. The number of alkyl halides is 3. The average Bonchev–Trinajstić information content (AvgIpc) is 2.00. The molecular weight excluding hydrogens is 187 g/mol. The van der Waals surface area contributed by atoms with Crippen molar-refractivity contribution in [1.82, 2.24) is 5.32 Å². The molecule has 2 N–H and O–H groups in total. The van der Waals surface area contributed by atoms with Gasteiger partial charge in [0, 0.05) is 0 Å². The Morgan fingerprint density at radius 3 is 1.92 bits per heavy atom. The molecule has 0 aliphatic rings. The molecule has 0 radical (unpaired) electrons. The quantitative estimate of drug-likeness (QED) is 0.682. The normalized spacial score (nSPS) is 10.2. The van der Waals surface area contributed by atoms with Crippen LogP contribution in [0.4, 0.5) is 13.2 Å². The van der Waals surface area contributed by atoms with Gasteiger partial charge in [-0.05, 0) is 20.0 Å². The van der Waals surface area contributed by atoms with Gasteiger partial charge in [0.15, 0.2) is 0 Å². The summed E-state index contributed by atoms with van der Waals surface area (Å²) in [5, 5.41) is 10.2. The maximum absolute atomic E-state index is 10.6. The fraction of sp³-hybridized carbons (Fsp3) is 0.857. The van der Waals surface area contributed by atoms with Crippen molar-refractivity contribution >= 4 is 5.97 Å². The number of rotatable bonds is 3. The van der Waals surface area contributed by atoms with Gasteiger partial charge in [0.1, 0.15) is 0 Å². The monoisotopic (exact) mass is 201 g/mol. The van der Waals surface area contributed by atoms with Crippen LogP contribution in [0.25, 0.3) is 0 Å². The van der Waals surface area contributed by atoms with E-state index in [0.29, 0.717) is 0 Å². The van der Waals surface area contributed by atoms with E-state index in [4.69, 9.17) is 9.90 Å². The molecule has 0 aliphatic heterocycles. The van der Waals surface area contributed by atoms with E-state index in [1.54, 1.807) is 0 Å². The molecule has 6 heteroatoms. The number of carboxylic acids is 1. The second kappa shape index (κ2) is 7.85. The van der Waals surface area contributed by atoms with Crippen LogP contribution in [0.2, 0.25) is 0 Å². The fourth-order valence-corrected chi connectivity index (χ4v) is 0.354. The molecule has 0 fully saturated rings. The van der Waals surface area contributed by atoms with Crippen LogP contribution in [0.15, 0.2) is 0 Å². The molecule has 0 aromatic heterocycles. The summed E-state index contributed by atoms with van der Waals surface area (Å²) < 4.78 is 31.7. The van der Waals surface area contributed by atoms with Crippen LogP contribution < -0.4 is 5.32 Å². The second-order valence-corrected chi connectivity index (χ2v) is 2.26. The van der Waals surface area contributed by atoms with Crippen LogP contribution in [0, 0.1) is 0 Å². The minimum atomic E-state index is -5.08. The Bertz CT molecular complexity index is 132. The van der Waals surface area contributed by atoms with Gasteiger partial charge in [-0.1, -0.05) is 13.3 Å². The SMILES string of the molecule is CCCCNC.O=C(O)C(F)(F)F. The van der Waals surface area contributed by atoms with Crippen LogP contribution >= 0.6 is 0 Å². The van der Waals surface area contributed by atoms with E-state index in [1.807, 2.05) is 7.05 Å². The first-order valence-electron chi connectivity index (χ1n) is 3.81. The maximum Gasteiger partial charge on any atom is 0.490 e. The number of halogens is 3. The minimum Gasteiger partial charge on any atom is -0.475 e. The van der Waals surface area contributed by atoms with Crippen LogP contribution in [0.3, 0.4) is 0 Å². The Labute approximate surface area is 74.9 Å². The number of unbranched alkanes of at least 4 members (excludes halogenated alkanes) is 1. The topological polar surface area (TPSA) is 49.3 Å². The molecule has 0 aromatic carbocycles. The number of carbonyl (C=O) groups is 1. The van der Waals surface area contributed by atoms with Gasteiger partial charge in [0.2, 0.25) is 0 Å². The summed E-state index contributed by atoms with van der Waals surface area (Å²) in [5.41, 5.74) is 0. The Morgan fingerprint density at radius 1 is 1.46 bits per heavy atom. The number of aliphatic carboxylic acids is 1. The zero-order chi connectivity index (χ0) is 10.9. The lowest BCUT2D eigenvalue weighted by Crippen LogP contribution is -2.21. The molecule has 80 valence electrons. The molecule has 0 bridgehead atoms. The summed E-state index contributed by atoms with van der Waals surface area (Å²) in [5.74, 6) is -2.76. The van der Waals surface area contributed by atoms with E-state index >= 15 is 0 Å². The first-order chi connectivity index (χ1) is 5.86. The summed E-state index contributed by atoms with van der Waals surface area (Å²) in [6.45, 7) is 3.36. The summed E-state index contributed by atoms with van der Waals surface area (Å²) in [6, 6.07) is 0. The summed E-state index contributed by atoms with van der Waals surface area (Å²) in [7, 11) is 1.98. The smallest absolute Gasteiger partial charge is 0.475 e. The third-order valence-corrected chi connectivity index (χ3v) is 1.02. The summed E-state index contributed by atoms with van der Waals surface area (Å²) in [6.07, 6.45) is -2.49. The van der Waals surface area contributed by atoms with Crippen molar-refractivity contribution in [1.29, 1.82) is 0 Å². The van der Waals surface area contributed by atoms with Crippen molar-refractivity contribution in [3.05, 3.63) is 0 Å². The number of hydrogen-bond donors (Lipinski definition) is 2. The third kappa shape index (κ3) is 14.1. The Balaban J connectivity index is 0. The van der Waals surface area contributed by atoms with Crippen molar-refractivity contribution in [3.8, 4) is 0 Å². The first-order valence-corrected chi connectivity index (χ1v) is 3.81. The molecule has 13 heavy (non-hydrogen) atoms. The third-order valence-electron chi connectivity index (χ3n) is 1.02. The summed E-state index contributed by atoms with van der Waals surface area (Å²) in [4.78, 5) is 8.90. The van der Waals surface area contributed by atoms with Crippen molar-refractivity contribution in [2.75, 3.05) is 13.6 Å². The van der Waals surface area contributed by atoms with E-state index in [1.165, 1.54) is 12.8 Å². The highest BCUT2D eigenvalue weighted by atomic mass is 19.4. The zero-order valence-corrected chi connectivity index (χ0v) is 7.61. The van der Waals surface area contributed by atoms with Gasteiger partial charge in [-0.15, -0.1) is 0 Å². The van der Waals surface area contributed by atoms with Crippen LogP contribution in [0.1, 0.15) is 19.8 Å². The molecule has 0 unspecified atom stereocenters. The van der Waals surface area contributed by atoms with Crippen LogP contribution in [-0.4, -0.2) is 30.8 Å². The maximum atomic E-state index is 10.6. The van der Waals surface area contributed by atoms with Crippen molar-refractivity contribution in [2.24, 2.45) is 0 Å².